The van der Waals surface area contributed by atoms with Crippen LogP contribution in [-0.2, 0) is 0 Å². The fourth-order valence-electron chi connectivity index (χ4n) is 2.14. The highest BCUT2D eigenvalue weighted by Gasteiger charge is 2.33. The minimum absolute atomic E-state index is 0.838. The molecule has 106 valence electrons. The maximum absolute atomic E-state index is 4.60. The van der Waals surface area contributed by atoms with Crippen LogP contribution in [0.3, 0.4) is 0 Å². The Morgan fingerprint density at radius 3 is 2.79 bits per heavy atom. The van der Waals surface area contributed by atoms with Crippen molar-refractivity contribution in [1.29, 1.82) is 0 Å². The van der Waals surface area contributed by atoms with Crippen LogP contribution in [0.15, 0.2) is 11.2 Å². The van der Waals surface area contributed by atoms with Crippen molar-refractivity contribution in [3.8, 4) is 0 Å². The molecule has 2 atom stereocenters. The Labute approximate surface area is 120 Å². The molecule has 1 heterocycles. The average molecular weight is 280 g/mol. The van der Waals surface area contributed by atoms with Gasteiger partial charge in [-0.1, -0.05) is 25.6 Å². The van der Waals surface area contributed by atoms with E-state index in [1.54, 1.807) is 11.8 Å². The Morgan fingerprint density at radius 2 is 2.21 bits per heavy atom. The monoisotopic (exact) mass is 280 g/mol. The quantitative estimate of drug-likeness (QED) is 0.614. The summed E-state index contributed by atoms with van der Waals surface area (Å²) >= 11 is 1.59. The minimum atomic E-state index is 0.838. The zero-order valence-electron chi connectivity index (χ0n) is 12.3. The van der Waals surface area contributed by atoms with E-state index in [2.05, 4.69) is 47.1 Å². The van der Waals surface area contributed by atoms with Crippen LogP contribution in [0.1, 0.15) is 26.7 Å². The number of anilines is 2. The summed E-state index contributed by atoms with van der Waals surface area (Å²) in [7, 11) is 2.13. The summed E-state index contributed by atoms with van der Waals surface area (Å²) in [6.45, 7) is 6.53. The van der Waals surface area contributed by atoms with Crippen molar-refractivity contribution in [2.24, 2.45) is 11.8 Å². The van der Waals surface area contributed by atoms with Crippen molar-refractivity contribution in [3.63, 3.8) is 0 Å². The van der Waals surface area contributed by atoms with Gasteiger partial charge in [0, 0.05) is 26.2 Å². The lowest BCUT2D eigenvalue weighted by atomic mass is 10.3. The third-order valence-corrected chi connectivity index (χ3v) is 4.15. The van der Waals surface area contributed by atoms with E-state index in [4.69, 9.17) is 0 Å². The number of thioether (sulfide) groups is 1. The molecule has 1 aromatic heterocycles. The van der Waals surface area contributed by atoms with Gasteiger partial charge in [-0.05, 0) is 30.9 Å². The molecule has 0 spiro atoms. The molecule has 1 aliphatic carbocycles. The van der Waals surface area contributed by atoms with Crippen LogP contribution < -0.4 is 10.2 Å². The van der Waals surface area contributed by atoms with Crippen LogP contribution in [-0.4, -0.2) is 36.4 Å². The first kappa shape index (κ1) is 14.4. The zero-order valence-corrected chi connectivity index (χ0v) is 13.1. The molecule has 1 N–H and O–H groups in total. The van der Waals surface area contributed by atoms with E-state index >= 15 is 0 Å². The van der Waals surface area contributed by atoms with Gasteiger partial charge in [0.25, 0.3) is 0 Å². The Kier molecular flexibility index (Phi) is 4.91. The second-order valence-electron chi connectivity index (χ2n) is 5.38. The highest BCUT2D eigenvalue weighted by atomic mass is 32.2. The van der Waals surface area contributed by atoms with Crippen molar-refractivity contribution < 1.29 is 0 Å². The maximum atomic E-state index is 4.60. The van der Waals surface area contributed by atoms with Crippen LogP contribution in [0.4, 0.5) is 11.6 Å². The normalized spacial score (nSPS) is 21.3. The highest BCUT2D eigenvalue weighted by molar-refractivity contribution is 7.98. The second kappa shape index (κ2) is 6.46. The summed E-state index contributed by atoms with van der Waals surface area (Å²) in [5.41, 5.74) is 0. The Bertz CT molecular complexity index is 424. The van der Waals surface area contributed by atoms with E-state index in [1.807, 2.05) is 6.26 Å². The topological polar surface area (TPSA) is 41.0 Å². The van der Waals surface area contributed by atoms with Crippen LogP contribution in [0, 0.1) is 11.8 Å². The minimum Gasteiger partial charge on any atom is -0.370 e. The molecule has 1 saturated carbocycles. The molecule has 1 fully saturated rings. The fraction of sp³-hybridized carbons (Fsp3) is 0.714. The first-order valence-electron chi connectivity index (χ1n) is 7.02. The van der Waals surface area contributed by atoms with Crippen LogP contribution in [0.2, 0.25) is 0 Å². The molecule has 2 unspecified atom stereocenters. The molecule has 4 nitrogen and oxygen atoms in total. The van der Waals surface area contributed by atoms with Crippen LogP contribution in [0.5, 0.6) is 0 Å². The third-order valence-electron chi connectivity index (χ3n) is 3.61. The van der Waals surface area contributed by atoms with Gasteiger partial charge in [-0.25, -0.2) is 9.97 Å². The Morgan fingerprint density at radius 1 is 1.47 bits per heavy atom. The summed E-state index contributed by atoms with van der Waals surface area (Å²) in [6.07, 6.45) is 4.47. The van der Waals surface area contributed by atoms with Gasteiger partial charge in [-0.3, -0.25) is 0 Å². The lowest BCUT2D eigenvalue weighted by Gasteiger charge is -2.19. The van der Waals surface area contributed by atoms with E-state index in [-0.39, 0.29) is 0 Å². The molecular formula is C14H24N4S. The molecule has 0 bridgehead atoms. The molecule has 5 heteroatoms. The Hall–Kier alpha value is -0.970. The van der Waals surface area contributed by atoms with Gasteiger partial charge in [0.15, 0.2) is 5.16 Å². The molecule has 1 aromatic rings. The molecule has 1 aliphatic rings. The summed E-state index contributed by atoms with van der Waals surface area (Å²) in [4.78, 5) is 11.4. The lowest BCUT2D eigenvalue weighted by molar-refractivity contribution is 0.714. The van der Waals surface area contributed by atoms with Gasteiger partial charge in [-0.15, -0.1) is 0 Å². The smallest absolute Gasteiger partial charge is 0.191 e. The maximum Gasteiger partial charge on any atom is 0.191 e. The van der Waals surface area contributed by atoms with E-state index in [9.17, 15) is 0 Å². The molecule has 0 radical (unpaired) electrons. The van der Waals surface area contributed by atoms with Gasteiger partial charge < -0.3 is 10.2 Å². The number of hydrogen-bond donors (Lipinski definition) is 1. The molecule has 0 amide bonds. The SMILES string of the molecule is CCCNc1cc(N(C)CC2CC2C)nc(SC)n1. The molecule has 19 heavy (non-hydrogen) atoms. The number of rotatable bonds is 7. The van der Waals surface area contributed by atoms with E-state index in [0.29, 0.717) is 0 Å². The molecule has 0 saturated heterocycles. The van der Waals surface area contributed by atoms with E-state index in [1.165, 1.54) is 6.42 Å². The van der Waals surface area contributed by atoms with Crippen molar-refractivity contribution in [3.05, 3.63) is 6.07 Å². The zero-order chi connectivity index (χ0) is 13.8. The molecular weight excluding hydrogens is 256 g/mol. The van der Waals surface area contributed by atoms with Gasteiger partial charge in [0.2, 0.25) is 0 Å². The van der Waals surface area contributed by atoms with Crippen molar-refractivity contribution in [1.82, 2.24) is 9.97 Å². The summed E-state index contributed by atoms with van der Waals surface area (Å²) in [5, 5.41) is 4.19. The van der Waals surface area contributed by atoms with Crippen LogP contribution in [0.25, 0.3) is 0 Å². The van der Waals surface area contributed by atoms with E-state index < -0.39 is 0 Å². The number of nitrogens with one attached hydrogen (secondary N) is 1. The lowest BCUT2D eigenvalue weighted by Crippen LogP contribution is -2.22. The summed E-state index contributed by atoms with van der Waals surface area (Å²) in [6, 6.07) is 2.06. The van der Waals surface area contributed by atoms with Gasteiger partial charge in [0.05, 0.1) is 0 Å². The van der Waals surface area contributed by atoms with Crippen LogP contribution >= 0.6 is 11.8 Å². The van der Waals surface area contributed by atoms with Crippen molar-refractivity contribution >= 4 is 23.4 Å². The second-order valence-corrected chi connectivity index (χ2v) is 6.15. The molecule has 0 aliphatic heterocycles. The summed E-state index contributed by atoms with van der Waals surface area (Å²) < 4.78 is 0. The molecule has 2 rings (SSSR count). The third kappa shape index (κ3) is 4.00. The largest absolute Gasteiger partial charge is 0.370 e. The standard InChI is InChI=1S/C14H24N4S/c1-5-6-15-12-8-13(17-14(16-12)19-4)18(3)9-11-7-10(11)2/h8,10-11H,5-7,9H2,1-4H3,(H,15,16,17). The van der Waals surface area contributed by atoms with Crippen molar-refractivity contribution in [2.45, 2.75) is 31.8 Å². The first-order chi connectivity index (χ1) is 9.13. The summed E-state index contributed by atoms with van der Waals surface area (Å²) in [5.74, 6) is 3.68. The number of aromatic nitrogens is 2. The predicted octanol–water partition coefficient (Wildman–Crippen LogP) is 3.11. The van der Waals surface area contributed by atoms with Gasteiger partial charge in [-0.2, -0.15) is 0 Å². The molecule has 0 aromatic carbocycles. The number of nitrogens with zero attached hydrogens (tertiary/aromatic N) is 3. The first-order valence-corrected chi connectivity index (χ1v) is 8.24. The predicted molar refractivity (Wildman–Crippen MR) is 83.1 cm³/mol. The fourth-order valence-corrected chi connectivity index (χ4v) is 2.52. The van der Waals surface area contributed by atoms with Crippen molar-refractivity contribution in [2.75, 3.05) is 36.6 Å². The number of hydrogen-bond acceptors (Lipinski definition) is 5. The average Bonchev–Trinajstić information content (AvgIpc) is 3.11. The Balaban J connectivity index is 2.08. The highest BCUT2D eigenvalue weighted by Crippen LogP contribution is 2.38. The van der Waals surface area contributed by atoms with Gasteiger partial charge >= 0.3 is 0 Å². The van der Waals surface area contributed by atoms with E-state index in [0.717, 1.165) is 48.1 Å². The van der Waals surface area contributed by atoms with Gasteiger partial charge in [0.1, 0.15) is 11.6 Å².